The zero-order valence-corrected chi connectivity index (χ0v) is 10.9. The predicted molar refractivity (Wildman–Crippen MR) is 68.4 cm³/mol. The third kappa shape index (κ3) is 3.15. The average Bonchev–Trinajstić information content (AvgIpc) is 2.45. The van der Waals surface area contributed by atoms with Gasteiger partial charge in [-0.3, -0.25) is 0 Å². The third-order valence-corrected chi connectivity index (χ3v) is 3.03. The maximum Gasteiger partial charge on any atom is 0.416 e. The van der Waals surface area contributed by atoms with Crippen molar-refractivity contribution in [2.45, 2.75) is 12.6 Å². The van der Waals surface area contributed by atoms with Crippen molar-refractivity contribution >= 4 is 0 Å². The van der Waals surface area contributed by atoms with E-state index in [1.807, 2.05) is 0 Å². The van der Waals surface area contributed by atoms with E-state index in [4.69, 9.17) is 4.74 Å². The van der Waals surface area contributed by atoms with Crippen LogP contribution in [0, 0.1) is 0 Å². The number of alkyl halides is 5. The molecule has 0 saturated carbocycles. The molecule has 1 nitrogen and oxygen atoms in total. The van der Waals surface area contributed by atoms with E-state index in [-0.39, 0.29) is 22.4 Å². The molecule has 0 heterocycles. The largest absolute Gasteiger partial charge is 0.496 e. The first kappa shape index (κ1) is 15.3. The molecule has 2 aromatic carbocycles. The molecule has 0 saturated heterocycles. The first-order chi connectivity index (χ1) is 9.84. The van der Waals surface area contributed by atoms with Crippen LogP contribution in [0.15, 0.2) is 42.5 Å². The monoisotopic (exact) mass is 302 g/mol. The highest BCUT2D eigenvalue weighted by Crippen LogP contribution is 2.38. The summed E-state index contributed by atoms with van der Waals surface area (Å²) in [5.41, 5.74) is -0.734. The molecule has 6 heteroatoms. The predicted octanol–water partition coefficient (Wildman–Crippen LogP) is 5.32. The Kier molecular flexibility index (Phi) is 4.16. The fourth-order valence-electron chi connectivity index (χ4n) is 2.04. The normalized spacial score (nSPS) is 11.8. The summed E-state index contributed by atoms with van der Waals surface area (Å²) in [5.74, 6) is 0.00222. The first-order valence-corrected chi connectivity index (χ1v) is 5.97. The Morgan fingerprint density at radius 3 is 2.05 bits per heavy atom. The van der Waals surface area contributed by atoms with Gasteiger partial charge in [0.2, 0.25) is 0 Å². The second kappa shape index (κ2) is 5.71. The van der Waals surface area contributed by atoms with Gasteiger partial charge in [-0.1, -0.05) is 24.3 Å². The molecule has 0 unspecified atom stereocenters. The molecule has 0 bridgehead atoms. The number of methoxy groups -OCH3 is 1. The van der Waals surface area contributed by atoms with Crippen LogP contribution in [-0.4, -0.2) is 7.11 Å². The van der Waals surface area contributed by atoms with Crippen LogP contribution in [0.3, 0.4) is 0 Å². The van der Waals surface area contributed by atoms with Gasteiger partial charge >= 0.3 is 6.18 Å². The fraction of sp³-hybridized carbons (Fsp3) is 0.200. The van der Waals surface area contributed by atoms with Crippen LogP contribution in [0.25, 0.3) is 11.1 Å². The van der Waals surface area contributed by atoms with Gasteiger partial charge in [0.15, 0.2) is 0 Å². The lowest BCUT2D eigenvalue weighted by molar-refractivity contribution is -0.137. The van der Waals surface area contributed by atoms with Gasteiger partial charge in [0.25, 0.3) is 6.43 Å². The summed E-state index contributed by atoms with van der Waals surface area (Å²) < 4.78 is 68.7. The Morgan fingerprint density at radius 1 is 0.952 bits per heavy atom. The minimum atomic E-state index is -4.46. The minimum absolute atomic E-state index is 0.00222. The van der Waals surface area contributed by atoms with Gasteiger partial charge in [0.1, 0.15) is 5.75 Å². The molecule has 0 fully saturated rings. The van der Waals surface area contributed by atoms with Crippen LogP contribution in [-0.2, 0) is 6.18 Å². The lowest BCUT2D eigenvalue weighted by Gasteiger charge is -2.14. The number of rotatable bonds is 3. The first-order valence-electron chi connectivity index (χ1n) is 5.97. The molecule has 0 aliphatic carbocycles. The number of hydrogen-bond donors (Lipinski definition) is 0. The molecule has 2 aromatic rings. The maximum absolute atomic E-state index is 13.2. The van der Waals surface area contributed by atoms with Crippen molar-refractivity contribution in [1.82, 2.24) is 0 Å². The van der Waals surface area contributed by atoms with E-state index in [1.54, 1.807) is 0 Å². The highest BCUT2D eigenvalue weighted by atomic mass is 19.4. The number of benzene rings is 2. The van der Waals surface area contributed by atoms with E-state index in [1.165, 1.54) is 37.4 Å². The molecular formula is C15H11F5O. The van der Waals surface area contributed by atoms with Crippen molar-refractivity contribution in [3.63, 3.8) is 0 Å². The van der Waals surface area contributed by atoms with Crippen LogP contribution in [0.4, 0.5) is 22.0 Å². The second-order valence-electron chi connectivity index (χ2n) is 4.30. The molecule has 0 radical (unpaired) electrons. The van der Waals surface area contributed by atoms with Crippen molar-refractivity contribution in [3.05, 3.63) is 53.6 Å². The molecule has 0 aromatic heterocycles. The van der Waals surface area contributed by atoms with Gasteiger partial charge in [0.05, 0.1) is 18.2 Å². The van der Waals surface area contributed by atoms with Gasteiger partial charge < -0.3 is 4.74 Å². The van der Waals surface area contributed by atoms with Crippen molar-refractivity contribution < 1.29 is 26.7 Å². The van der Waals surface area contributed by atoms with E-state index in [9.17, 15) is 22.0 Å². The fourth-order valence-corrected chi connectivity index (χ4v) is 2.04. The van der Waals surface area contributed by atoms with E-state index in [2.05, 4.69) is 0 Å². The number of hydrogen-bond acceptors (Lipinski definition) is 1. The Morgan fingerprint density at radius 2 is 1.57 bits per heavy atom. The molecule has 112 valence electrons. The highest BCUT2D eigenvalue weighted by Gasteiger charge is 2.30. The zero-order chi connectivity index (χ0) is 15.6. The summed E-state index contributed by atoms with van der Waals surface area (Å²) in [6, 6.07) is 8.39. The van der Waals surface area contributed by atoms with Crippen LogP contribution in [0.5, 0.6) is 5.75 Å². The SMILES string of the molecule is COc1cccc(-c2ccc(C(F)(F)F)cc2)c1C(F)F. The van der Waals surface area contributed by atoms with Gasteiger partial charge in [-0.2, -0.15) is 13.2 Å². The Hall–Kier alpha value is -2.11. The van der Waals surface area contributed by atoms with E-state index in [0.717, 1.165) is 12.1 Å². The van der Waals surface area contributed by atoms with Crippen LogP contribution < -0.4 is 4.74 Å². The second-order valence-corrected chi connectivity index (χ2v) is 4.30. The van der Waals surface area contributed by atoms with E-state index in [0.29, 0.717) is 0 Å². The lowest BCUT2D eigenvalue weighted by Crippen LogP contribution is -2.04. The molecule has 0 aliphatic rings. The smallest absolute Gasteiger partial charge is 0.416 e. The Balaban J connectivity index is 2.52. The van der Waals surface area contributed by atoms with Gasteiger partial charge in [-0.15, -0.1) is 0 Å². The molecule has 21 heavy (non-hydrogen) atoms. The summed E-state index contributed by atoms with van der Waals surface area (Å²) >= 11 is 0. The number of ether oxygens (including phenoxy) is 1. The van der Waals surface area contributed by atoms with Gasteiger partial charge in [-0.25, -0.2) is 8.78 Å². The summed E-state index contributed by atoms with van der Waals surface area (Å²) in [6.07, 6.45) is -7.25. The summed E-state index contributed by atoms with van der Waals surface area (Å²) in [4.78, 5) is 0. The molecule has 0 aliphatic heterocycles. The topological polar surface area (TPSA) is 9.23 Å². The summed E-state index contributed by atoms with van der Waals surface area (Å²) in [5, 5.41) is 0. The molecular weight excluding hydrogens is 291 g/mol. The minimum Gasteiger partial charge on any atom is -0.496 e. The molecule has 0 N–H and O–H groups in total. The quantitative estimate of drug-likeness (QED) is 0.697. The third-order valence-electron chi connectivity index (χ3n) is 3.03. The molecule has 0 spiro atoms. The van der Waals surface area contributed by atoms with Crippen LogP contribution >= 0.6 is 0 Å². The summed E-state index contributed by atoms with van der Waals surface area (Å²) in [7, 11) is 1.26. The van der Waals surface area contributed by atoms with Gasteiger partial charge in [-0.05, 0) is 29.3 Å². The maximum atomic E-state index is 13.2. The summed E-state index contributed by atoms with van der Waals surface area (Å²) in [6.45, 7) is 0. The van der Waals surface area contributed by atoms with Crippen molar-refractivity contribution in [2.75, 3.05) is 7.11 Å². The van der Waals surface area contributed by atoms with Crippen molar-refractivity contribution in [3.8, 4) is 16.9 Å². The standard InChI is InChI=1S/C15H11F5O/c1-21-12-4-2-3-11(13(12)14(16)17)9-5-7-10(8-6-9)15(18,19)20/h2-8,14H,1H3. The van der Waals surface area contributed by atoms with Crippen molar-refractivity contribution in [1.29, 1.82) is 0 Å². The van der Waals surface area contributed by atoms with Gasteiger partial charge in [0, 0.05) is 0 Å². The van der Waals surface area contributed by atoms with E-state index < -0.39 is 18.2 Å². The Bertz CT molecular complexity index is 617. The van der Waals surface area contributed by atoms with Crippen LogP contribution in [0.1, 0.15) is 17.6 Å². The molecule has 2 rings (SSSR count). The highest BCUT2D eigenvalue weighted by molar-refractivity contribution is 5.70. The van der Waals surface area contributed by atoms with Crippen molar-refractivity contribution in [2.24, 2.45) is 0 Å². The Labute approximate surface area is 118 Å². The molecule has 0 atom stereocenters. The number of halogens is 5. The lowest BCUT2D eigenvalue weighted by atomic mass is 9.98. The molecule has 0 amide bonds. The average molecular weight is 302 g/mol. The van der Waals surface area contributed by atoms with Crippen LogP contribution in [0.2, 0.25) is 0 Å². The zero-order valence-electron chi connectivity index (χ0n) is 10.9. The van der Waals surface area contributed by atoms with E-state index >= 15 is 0 Å².